The number of aliphatic hydroxyl groups is 1. The third kappa shape index (κ3) is 1.22. The summed E-state index contributed by atoms with van der Waals surface area (Å²) in [6.07, 6.45) is 1.37. The van der Waals surface area contributed by atoms with Crippen LogP contribution in [0.3, 0.4) is 0 Å². The molecular formula is C5H10NO2P. The number of rotatable bonds is 1. The second-order valence-corrected chi connectivity index (χ2v) is 2.73. The fourth-order valence-corrected chi connectivity index (χ4v) is 1.31. The zero-order valence-corrected chi connectivity index (χ0v) is 6.23. The van der Waals surface area contributed by atoms with Crippen molar-refractivity contribution >= 4 is 15.3 Å². The first kappa shape index (κ1) is 6.97. The number of amides is 1. The molecule has 1 fully saturated rings. The molecule has 0 aromatic rings. The lowest BCUT2D eigenvalue weighted by molar-refractivity contribution is -0.124. The van der Waals surface area contributed by atoms with E-state index in [2.05, 4.69) is 9.39 Å². The lowest BCUT2D eigenvalue weighted by Crippen LogP contribution is -2.25. The van der Waals surface area contributed by atoms with Crippen molar-refractivity contribution in [2.75, 3.05) is 6.61 Å². The maximum atomic E-state index is 10.7. The summed E-state index contributed by atoms with van der Waals surface area (Å²) in [6, 6.07) is 0.0440. The van der Waals surface area contributed by atoms with Crippen LogP contribution < -0.4 is 0 Å². The number of nitrogens with zero attached hydrogens (tertiary/aromatic N) is 1. The van der Waals surface area contributed by atoms with Gasteiger partial charge in [0, 0.05) is 6.42 Å². The van der Waals surface area contributed by atoms with Crippen molar-refractivity contribution in [3.8, 4) is 0 Å². The molecule has 2 atom stereocenters. The summed E-state index contributed by atoms with van der Waals surface area (Å²) >= 11 is 0. The van der Waals surface area contributed by atoms with Gasteiger partial charge in [0.25, 0.3) is 0 Å². The molecule has 3 nitrogen and oxygen atoms in total. The average molecular weight is 147 g/mol. The van der Waals surface area contributed by atoms with Crippen LogP contribution >= 0.6 is 9.39 Å². The average Bonchev–Trinajstić information content (AvgIpc) is 2.15. The fraction of sp³-hybridized carbons (Fsp3) is 0.800. The standard InChI is InChI=1S/C5H10NO2P/c7-3-4-1-2-5(8)6(4)9/h4,7H,1-3,9H2/t4-/m0/s1. The summed E-state index contributed by atoms with van der Waals surface area (Å²) < 4.78 is 1.53. The number of carbonyl (C=O) groups is 1. The second kappa shape index (κ2) is 2.63. The Bertz CT molecular complexity index is 128. The van der Waals surface area contributed by atoms with Crippen molar-refractivity contribution < 1.29 is 9.90 Å². The first-order chi connectivity index (χ1) is 4.25. The zero-order valence-electron chi connectivity index (χ0n) is 5.08. The molecule has 1 heterocycles. The first-order valence-electron chi connectivity index (χ1n) is 2.93. The minimum atomic E-state index is 0.0440. The van der Waals surface area contributed by atoms with E-state index in [4.69, 9.17) is 5.11 Å². The third-order valence-electron chi connectivity index (χ3n) is 1.58. The second-order valence-electron chi connectivity index (χ2n) is 2.18. The van der Waals surface area contributed by atoms with Crippen LogP contribution in [0, 0.1) is 0 Å². The highest BCUT2D eigenvalue weighted by atomic mass is 31.0. The van der Waals surface area contributed by atoms with Gasteiger partial charge >= 0.3 is 0 Å². The van der Waals surface area contributed by atoms with Gasteiger partial charge in [-0.1, -0.05) is 0 Å². The Hall–Kier alpha value is -0.140. The van der Waals surface area contributed by atoms with Gasteiger partial charge in [-0.25, -0.2) is 0 Å². The van der Waals surface area contributed by atoms with Crippen LogP contribution in [0.15, 0.2) is 0 Å². The molecule has 0 spiro atoms. The topological polar surface area (TPSA) is 40.5 Å². The summed E-state index contributed by atoms with van der Waals surface area (Å²) in [6.45, 7) is 0.0786. The van der Waals surface area contributed by atoms with Crippen LogP contribution in [-0.2, 0) is 4.79 Å². The van der Waals surface area contributed by atoms with Crippen LogP contribution in [0.4, 0.5) is 0 Å². The Morgan fingerprint density at radius 1 is 1.89 bits per heavy atom. The lowest BCUT2D eigenvalue weighted by Gasteiger charge is -2.15. The Morgan fingerprint density at radius 3 is 2.78 bits per heavy atom. The Balaban J connectivity index is 2.51. The van der Waals surface area contributed by atoms with E-state index in [1.54, 1.807) is 0 Å². The summed E-state index contributed by atoms with van der Waals surface area (Å²) in [5.74, 6) is 0.110. The smallest absolute Gasteiger partial charge is 0.225 e. The maximum Gasteiger partial charge on any atom is 0.225 e. The van der Waals surface area contributed by atoms with Crippen molar-refractivity contribution in [1.82, 2.24) is 4.67 Å². The molecule has 0 saturated carbocycles. The molecular weight excluding hydrogens is 137 g/mol. The molecule has 1 aliphatic rings. The third-order valence-corrected chi connectivity index (χ3v) is 2.29. The van der Waals surface area contributed by atoms with E-state index < -0.39 is 0 Å². The van der Waals surface area contributed by atoms with Gasteiger partial charge in [0.15, 0.2) is 0 Å². The van der Waals surface area contributed by atoms with E-state index in [-0.39, 0.29) is 18.6 Å². The van der Waals surface area contributed by atoms with Crippen LogP contribution in [-0.4, -0.2) is 28.3 Å². The Morgan fingerprint density at radius 2 is 2.56 bits per heavy atom. The van der Waals surface area contributed by atoms with Gasteiger partial charge in [0.05, 0.1) is 12.6 Å². The van der Waals surface area contributed by atoms with E-state index in [0.717, 1.165) is 6.42 Å². The van der Waals surface area contributed by atoms with Crippen LogP contribution in [0.1, 0.15) is 12.8 Å². The highest BCUT2D eigenvalue weighted by Gasteiger charge is 2.26. The number of hydrogen-bond acceptors (Lipinski definition) is 2. The van der Waals surface area contributed by atoms with Gasteiger partial charge in [-0.2, -0.15) is 0 Å². The highest BCUT2D eigenvalue weighted by molar-refractivity contribution is 7.14. The van der Waals surface area contributed by atoms with Gasteiger partial charge in [-0.05, 0) is 15.8 Å². The summed E-state index contributed by atoms with van der Waals surface area (Å²) in [4.78, 5) is 10.7. The molecule has 1 N–H and O–H groups in total. The largest absolute Gasteiger partial charge is 0.394 e. The molecule has 1 amide bonds. The molecule has 4 heteroatoms. The van der Waals surface area contributed by atoms with E-state index >= 15 is 0 Å². The molecule has 1 saturated heterocycles. The SMILES string of the molecule is O=C1CC[C@@H](CO)N1P. The van der Waals surface area contributed by atoms with Crippen molar-refractivity contribution in [3.63, 3.8) is 0 Å². The van der Waals surface area contributed by atoms with Gasteiger partial charge in [-0.15, -0.1) is 0 Å². The summed E-state index contributed by atoms with van der Waals surface area (Å²) in [5.41, 5.74) is 0. The van der Waals surface area contributed by atoms with Crippen molar-refractivity contribution in [3.05, 3.63) is 0 Å². The monoisotopic (exact) mass is 147 g/mol. The van der Waals surface area contributed by atoms with Gasteiger partial charge < -0.3 is 9.78 Å². The molecule has 0 aromatic carbocycles. The number of aliphatic hydroxyl groups excluding tert-OH is 1. The summed E-state index contributed by atoms with van der Waals surface area (Å²) in [7, 11) is 2.32. The molecule has 0 aliphatic carbocycles. The van der Waals surface area contributed by atoms with Crippen LogP contribution in [0.5, 0.6) is 0 Å². The van der Waals surface area contributed by atoms with E-state index in [1.807, 2.05) is 0 Å². The number of hydrogen-bond donors (Lipinski definition) is 1. The van der Waals surface area contributed by atoms with Crippen LogP contribution in [0.25, 0.3) is 0 Å². The first-order valence-corrected chi connectivity index (χ1v) is 3.45. The van der Waals surface area contributed by atoms with Crippen LogP contribution in [0.2, 0.25) is 0 Å². The highest BCUT2D eigenvalue weighted by Crippen LogP contribution is 2.21. The molecule has 9 heavy (non-hydrogen) atoms. The molecule has 0 aromatic heterocycles. The number of carbonyl (C=O) groups excluding carboxylic acids is 1. The zero-order chi connectivity index (χ0) is 6.85. The van der Waals surface area contributed by atoms with Crippen molar-refractivity contribution in [2.45, 2.75) is 18.9 Å². The fourth-order valence-electron chi connectivity index (χ4n) is 0.941. The predicted octanol–water partition coefficient (Wildman–Crippen LogP) is -0.240. The molecule has 1 unspecified atom stereocenters. The minimum absolute atomic E-state index is 0.0440. The van der Waals surface area contributed by atoms with Gasteiger partial charge in [0.1, 0.15) is 0 Å². The summed E-state index contributed by atoms with van der Waals surface area (Å²) in [5, 5.41) is 8.65. The van der Waals surface area contributed by atoms with E-state index in [0.29, 0.717) is 6.42 Å². The lowest BCUT2D eigenvalue weighted by atomic mass is 10.2. The maximum absolute atomic E-state index is 10.7. The normalized spacial score (nSPS) is 27.6. The molecule has 0 bridgehead atoms. The Kier molecular flexibility index (Phi) is 2.04. The molecule has 0 radical (unpaired) electrons. The van der Waals surface area contributed by atoms with Crippen molar-refractivity contribution in [1.29, 1.82) is 0 Å². The van der Waals surface area contributed by atoms with Crippen molar-refractivity contribution in [2.24, 2.45) is 0 Å². The van der Waals surface area contributed by atoms with E-state index in [9.17, 15) is 4.79 Å². The van der Waals surface area contributed by atoms with E-state index in [1.165, 1.54) is 4.67 Å². The molecule has 1 aliphatic heterocycles. The van der Waals surface area contributed by atoms with Gasteiger partial charge in [0.2, 0.25) is 5.91 Å². The molecule has 52 valence electrons. The minimum Gasteiger partial charge on any atom is -0.394 e. The quantitative estimate of drug-likeness (QED) is 0.520. The molecule has 1 rings (SSSR count). The predicted molar refractivity (Wildman–Crippen MR) is 36.7 cm³/mol. The Labute approximate surface area is 56.3 Å². The van der Waals surface area contributed by atoms with Gasteiger partial charge in [-0.3, -0.25) is 4.79 Å².